The second-order valence-electron chi connectivity index (χ2n) is 8.83. The molecule has 2 aliphatic heterocycles. The van der Waals surface area contributed by atoms with Crippen molar-refractivity contribution in [3.63, 3.8) is 0 Å². The van der Waals surface area contributed by atoms with Gasteiger partial charge >= 0.3 is 0 Å². The van der Waals surface area contributed by atoms with Gasteiger partial charge in [-0.3, -0.25) is 4.79 Å². The molecule has 0 fully saturated rings. The van der Waals surface area contributed by atoms with Crippen molar-refractivity contribution < 1.29 is 4.79 Å². The van der Waals surface area contributed by atoms with E-state index in [4.69, 9.17) is 5.73 Å². The zero-order chi connectivity index (χ0) is 25.3. The van der Waals surface area contributed by atoms with Crippen LogP contribution in [0.5, 0.6) is 0 Å². The van der Waals surface area contributed by atoms with Crippen LogP contribution in [0.15, 0.2) is 102 Å². The highest BCUT2D eigenvalue weighted by Gasteiger charge is 2.56. The van der Waals surface area contributed by atoms with E-state index in [0.717, 1.165) is 5.56 Å². The maximum atomic E-state index is 14.2. The first-order chi connectivity index (χ1) is 17.6. The van der Waals surface area contributed by atoms with E-state index in [9.17, 15) is 20.6 Å². The number of rotatable bonds is 3. The molecule has 0 aliphatic carbocycles. The highest BCUT2D eigenvalue weighted by atomic mass is 16.1. The number of benzene rings is 3. The SMILES string of the molecule is N#CC1=C(N)C(C#N)(C#N)[C@H]2c3ccccc3C=CN2[C@@H](C(=O)c2ccccc2)[C@H]1c1ccccc1. The number of hydrogen-bond donors (Lipinski definition) is 1. The summed E-state index contributed by atoms with van der Waals surface area (Å²) in [7, 11) is 0. The Morgan fingerprint density at radius 2 is 1.47 bits per heavy atom. The van der Waals surface area contributed by atoms with E-state index in [-0.39, 0.29) is 17.1 Å². The topological polar surface area (TPSA) is 118 Å². The number of carbonyl (C=O) groups excluding carboxylic acids is 1. The summed E-state index contributed by atoms with van der Waals surface area (Å²) in [4.78, 5) is 16.0. The Morgan fingerprint density at radius 3 is 2.11 bits per heavy atom. The molecule has 0 saturated carbocycles. The maximum absolute atomic E-state index is 14.2. The number of carbonyl (C=O) groups is 1. The third kappa shape index (κ3) is 3.27. The van der Waals surface area contributed by atoms with Gasteiger partial charge in [0.2, 0.25) is 5.41 Å². The molecule has 6 nitrogen and oxygen atoms in total. The molecule has 0 bridgehead atoms. The van der Waals surface area contributed by atoms with Crippen molar-refractivity contribution in [2.45, 2.75) is 18.0 Å². The van der Waals surface area contributed by atoms with Crippen LogP contribution in [-0.4, -0.2) is 16.7 Å². The van der Waals surface area contributed by atoms with Crippen LogP contribution in [0.4, 0.5) is 0 Å². The lowest BCUT2D eigenvalue weighted by atomic mass is 9.73. The number of hydrogen-bond acceptors (Lipinski definition) is 6. The van der Waals surface area contributed by atoms with Crippen LogP contribution in [0, 0.1) is 39.4 Å². The van der Waals surface area contributed by atoms with Gasteiger partial charge in [-0.1, -0.05) is 84.9 Å². The van der Waals surface area contributed by atoms with Gasteiger partial charge in [0.15, 0.2) is 5.78 Å². The third-order valence-corrected chi connectivity index (χ3v) is 7.05. The second-order valence-corrected chi connectivity index (χ2v) is 8.83. The van der Waals surface area contributed by atoms with Crippen LogP contribution in [-0.2, 0) is 0 Å². The first-order valence-corrected chi connectivity index (χ1v) is 11.5. The van der Waals surface area contributed by atoms with Crippen LogP contribution >= 0.6 is 0 Å². The molecular weight excluding hydrogens is 446 g/mol. The number of ketones is 1. The van der Waals surface area contributed by atoms with E-state index in [1.807, 2.05) is 66.7 Å². The molecule has 172 valence electrons. The maximum Gasteiger partial charge on any atom is 0.207 e. The van der Waals surface area contributed by atoms with Crippen LogP contribution in [0.3, 0.4) is 0 Å². The van der Waals surface area contributed by atoms with E-state index in [2.05, 4.69) is 18.2 Å². The second kappa shape index (κ2) is 8.91. The summed E-state index contributed by atoms with van der Waals surface area (Å²) in [6.07, 6.45) is 3.62. The van der Waals surface area contributed by atoms with Gasteiger partial charge < -0.3 is 10.6 Å². The normalized spacial score (nSPS) is 21.7. The fourth-order valence-corrected chi connectivity index (χ4v) is 5.36. The number of nitrogens with zero attached hydrogens (tertiary/aromatic N) is 4. The van der Waals surface area contributed by atoms with Gasteiger partial charge in [0.25, 0.3) is 0 Å². The molecule has 2 aliphatic rings. The molecule has 3 atom stereocenters. The molecule has 6 heteroatoms. The number of fused-ring (bicyclic) bond motifs is 3. The molecule has 5 rings (SSSR count). The van der Waals surface area contributed by atoms with E-state index in [1.165, 1.54) is 0 Å². The minimum Gasteiger partial charge on any atom is -0.399 e. The smallest absolute Gasteiger partial charge is 0.207 e. The first kappa shape index (κ1) is 22.7. The van der Waals surface area contributed by atoms with E-state index < -0.39 is 23.4 Å². The Bertz CT molecular complexity index is 1510. The standard InChI is InChI=1S/C30H21N5O/c31-17-24-25(21-10-3-1-4-11-21)26(27(36)22-12-5-2-6-13-22)35-16-15-20-9-7-8-14-23(20)29(35)30(18-32,19-33)28(24)34/h1-16,25-26,29H,34H2/t25-,26+,29+/m0/s1. The summed E-state index contributed by atoms with van der Waals surface area (Å²) in [5.74, 6) is -1.03. The highest BCUT2D eigenvalue weighted by Crippen LogP contribution is 2.53. The molecule has 0 spiro atoms. The van der Waals surface area contributed by atoms with Crippen LogP contribution in [0.1, 0.15) is 39.0 Å². The average molecular weight is 468 g/mol. The van der Waals surface area contributed by atoms with Crippen molar-refractivity contribution in [1.29, 1.82) is 15.8 Å². The fourth-order valence-electron chi connectivity index (χ4n) is 5.36. The predicted octanol–water partition coefficient (Wildman–Crippen LogP) is 4.83. The molecule has 36 heavy (non-hydrogen) atoms. The van der Waals surface area contributed by atoms with Gasteiger partial charge in [-0.25, -0.2) is 0 Å². The van der Waals surface area contributed by atoms with Crippen molar-refractivity contribution in [1.82, 2.24) is 4.90 Å². The number of nitriles is 3. The molecule has 0 unspecified atom stereocenters. The molecular formula is C30H21N5O. The molecule has 2 N–H and O–H groups in total. The third-order valence-electron chi connectivity index (χ3n) is 7.05. The number of nitrogens with two attached hydrogens (primary N) is 1. The summed E-state index contributed by atoms with van der Waals surface area (Å²) in [5.41, 5.74) is 7.35. The molecule has 0 amide bonds. The van der Waals surface area contributed by atoms with E-state index >= 15 is 0 Å². The monoisotopic (exact) mass is 467 g/mol. The Kier molecular flexibility index (Phi) is 5.61. The Balaban J connectivity index is 1.88. The van der Waals surface area contributed by atoms with Gasteiger partial charge in [0.1, 0.15) is 6.04 Å². The lowest BCUT2D eigenvalue weighted by molar-refractivity contribution is 0.0770. The molecule has 3 aromatic carbocycles. The van der Waals surface area contributed by atoms with Crippen LogP contribution in [0.2, 0.25) is 0 Å². The van der Waals surface area contributed by atoms with Crippen molar-refractivity contribution in [3.8, 4) is 18.2 Å². The molecule has 0 aromatic heterocycles. The van der Waals surface area contributed by atoms with E-state index in [1.54, 1.807) is 35.4 Å². The summed E-state index contributed by atoms with van der Waals surface area (Å²) in [6.45, 7) is 0. The quantitative estimate of drug-likeness (QED) is 0.551. The van der Waals surface area contributed by atoms with Gasteiger partial charge in [-0.15, -0.1) is 0 Å². The van der Waals surface area contributed by atoms with E-state index in [0.29, 0.717) is 16.7 Å². The summed E-state index contributed by atoms with van der Waals surface area (Å²) < 4.78 is 0. The fraction of sp³-hybridized carbons (Fsp3) is 0.133. The Labute approximate surface area is 209 Å². The van der Waals surface area contributed by atoms with Crippen molar-refractivity contribution >= 4 is 11.9 Å². The Hall–Kier alpha value is -5.12. The van der Waals surface area contributed by atoms with Crippen LogP contribution in [0.25, 0.3) is 6.08 Å². The minimum absolute atomic E-state index is 0.0545. The van der Waals surface area contributed by atoms with Gasteiger partial charge in [0.05, 0.1) is 35.5 Å². The summed E-state index contributed by atoms with van der Waals surface area (Å²) >= 11 is 0. The summed E-state index contributed by atoms with van der Waals surface area (Å²) in [5, 5.41) is 31.3. The lowest BCUT2D eigenvalue weighted by Crippen LogP contribution is -2.48. The van der Waals surface area contributed by atoms with Gasteiger partial charge in [-0.05, 0) is 22.8 Å². The van der Waals surface area contributed by atoms with Gasteiger partial charge in [0, 0.05) is 17.7 Å². The first-order valence-electron chi connectivity index (χ1n) is 11.5. The highest BCUT2D eigenvalue weighted by molar-refractivity contribution is 6.01. The average Bonchev–Trinajstić information content (AvgIpc) is 3.04. The van der Waals surface area contributed by atoms with Crippen LogP contribution < -0.4 is 5.73 Å². The largest absolute Gasteiger partial charge is 0.399 e. The predicted molar refractivity (Wildman–Crippen MR) is 134 cm³/mol. The Morgan fingerprint density at radius 1 is 0.861 bits per heavy atom. The zero-order valence-electron chi connectivity index (χ0n) is 19.2. The van der Waals surface area contributed by atoms with Crippen molar-refractivity contribution in [2.75, 3.05) is 0 Å². The lowest BCUT2D eigenvalue weighted by Gasteiger charge is -2.44. The molecule has 3 aromatic rings. The number of Topliss-reactive ketones (excluding diaryl/α,β-unsaturated/α-hetero) is 1. The van der Waals surface area contributed by atoms with Gasteiger partial charge in [-0.2, -0.15) is 15.8 Å². The van der Waals surface area contributed by atoms with Crippen molar-refractivity contribution in [2.24, 2.45) is 11.1 Å². The minimum atomic E-state index is -1.90. The van der Waals surface area contributed by atoms with Crippen molar-refractivity contribution in [3.05, 3.63) is 125 Å². The molecule has 0 radical (unpaired) electrons. The summed E-state index contributed by atoms with van der Waals surface area (Å²) in [6, 6.07) is 30.1. The molecule has 2 heterocycles. The molecule has 0 saturated heterocycles. The zero-order valence-corrected chi connectivity index (χ0v) is 19.2.